The molecule has 0 unspecified atom stereocenters. The van der Waals surface area contributed by atoms with Crippen LogP contribution in [0.15, 0.2) is 23.2 Å². The van der Waals surface area contributed by atoms with E-state index < -0.39 is 5.25 Å². The quantitative estimate of drug-likeness (QED) is 0.870. The van der Waals surface area contributed by atoms with Crippen molar-refractivity contribution >= 4 is 34.4 Å². The maximum absolute atomic E-state index is 12.2. The third kappa shape index (κ3) is 5.10. The molecule has 6 heteroatoms. The van der Waals surface area contributed by atoms with Gasteiger partial charge < -0.3 is 10.6 Å². The lowest BCUT2D eigenvalue weighted by Crippen LogP contribution is -2.28. The maximum atomic E-state index is 12.2. The molecule has 23 heavy (non-hydrogen) atoms. The number of benzene rings is 1. The van der Waals surface area contributed by atoms with Crippen molar-refractivity contribution in [3.05, 3.63) is 29.3 Å². The molecule has 0 saturated carbocycles. The number of nitrogens with one attached hydrogen (secondary N) is 2. The summed E-state index contributed by atoms with van der Waals surface area (Å²) in [5.41, 5.74) is 2.89. The normalized spacial score (nSPS) is 19.3. The molecule has 0 aromatic heterocycles. The van der Waals surface area contributed by atoms with Gasteiger partial charge in [-0.05, 0) is 37.0 Å². The topological polar surface area (TPSA) is 70.6 Å². The van der Waals surface area contributed by atoms with Crippen LogP contribution in [0, 0.1) is 19.8 Å². The average Bonchev–Trinajstić information content (AvgIpc) is 2.81. The Kier molecular flexibility index (Phi) is 5.82. The van der Waals surface area contributed by atoms with E-state index in [-0.39, 0.29) is 18.2 Å². The van der Waals surface area contributed by atoms with E-state index in [0.29, 0.717) is 17.6 Å². The predicted octanol–water partition coefficient (Wildman–Crippen LogP) is 2.88. The predicted molar refractivity (Wildman–Crippen MR) is 95.8 cm³/mol. The van der Waals surface area contributed by atoms with E-state index in [1.807, 2.05) is 32.0 Å². The van der Waals surface area contributed by atoms with Crippen LogP contribution in [0.25, 0.3) is 0 Å². The van der Waals surface area contributed by atoms with E-state index in [9.17, 15) is 9.59 Å². The van der Waals surface area contributed by atoms with Crippen LogP contribution >= 0.6 is 11.8 Å². The molecule has 1 heterocycles. The standard InChI is InChI=1S/C17H23N3O2S/c1-10(2)9-18-17-20-16(22)14(23-17)8-15(21)19-13-7-11(3)5-6-12(13)4/h5-7,10,14H,8-9H2,1-4H3,(H,19,21)(H,18,20,22)/t14-/m0/s1. The van der Waals surface area contributed by atoms with Crippen molar-refractivity contribution in [3.8, 4) is 0 Å². The third-order valence-electron chi connectivity index (χ3n) is 3.41. The first kappa shape index (κ1) is 17.5. The minimum atomic E-state index is -0.411. The zero-order chi connectivity index (χ0) is 17.0. The van der Waals surface area contributed by atoms with Crippen LogP contribution in [0.5, 0.6) is 0 Å². The Labute approximate surface area is 141 Å². The second kappa shape index (κ2) is 7.64. The van der Waals surface area contributed by atoms with Crippen molar-refractivity contribution in [3.63, 3.8) is 0 Å². The summed E-state index contributed by atoms with van der Waals surface area (Å²) in [6.45, 7) is 8.74. The number of anilines is 1. The highest BCUT2D eigenvalue weighted by atomic mass is 32.2. The minimum Gasteiger partial charge on any atom is -0.326 e. The first-order chi connectivity index (χ1) is 10.8. The summed E-state index contributed by atoms with van der Waals surface area (Å²) in [7, 11) is 0. The van der Waals surface area contributed by atoms with Gasteiger partial charge in [-0.1, -0.05) is 37.7 Å². The van der Waals surface area contributed by atoms with Crippen molar-refractivity contribution in [1.82, 2.24) is 5.32 Å². The van der Waals surface area contributed by atoms with Crippen molar-refractivity contribution < 1.29 is 9.59 Å². The Morgan fingerprint density at radius 3 is 2.83 bits per heavy atom. The minimum absolute atomic E-state index is 0.143. The van der Waals surface area contributed by atoms with Crippen LogP contribution in [0.4, 0.5) is 5.69 Å². The van der Waals surface area contributed by atoms with Crippen molar-refractivity contribution in [2.24, 2.45) is 10.9 Å². The van der Waals surface area contributed by atoms with E-state index in [0.717, 1.165) is 16.8 Å². The number of aryl methyl sites for hydroxylation is 2. The van der Waals surface area contributed by atoms with Gasteiger partial charge in [0, 0.05) is 18.7 Å². The zero-order valence-corrected chi connectivity index (χ0v) is 14.8. The molecular formula is C17H23N3O2S. The lowest BCUT2D eigenvalue weighted by atomic mass is 10.1. The molecule has 1 fully saturated rings. The molecule has 5 nitrogen and oxygen atoms in total. The average molecular weight is 333 g/mol. The van der Waals surface area contributed by atoms with E-state index in [1.165, 1.54) is 11.8 Å². The number of thioether (sulfide) groups is 1. The number of nitrogens with zero attached hydrogens (tertiary/aromatic N) is 1. The van der Waals surface area contributed by atoms with Gasteiger partial charge in [0.1, 0.15) is 5.25 Å². The lowest BCUT2D eigenvalue weighted by molar-refractivity contribution is -0.122. The van der Waals surface area contributed by atoms with Crippen LogP contribution in [-0.4, -0.2) is 28.8 Å². The Balaban J connectivity index is 1.94. The van der Waals surface area contributed by atoms with Gasteiger partial charge in [0.15, 0.2) is 5.17 Å². The van der Waals surface area contributed by atoms with Crippen LogP contribution in [0.1, 0.15) is 31.4 Å². The molecule has 1 aromatic rings. The molecule has 0 spiro atoms. The number of amides is 2. The van der Waals surface area contributed by atoms with Gasteiger partial charge >= 0.3 is 0 Å². The van der Waals surface area contributed by atoms with E-state index in [4.69, 9.17) is 0 Å². The number of carbonyl (C=O) groups excluding carboxylic acids is 2. The number of aliphatic imine (C=N–C) groups is 1. The van der Waals surface area contributed by atoms with E-state index in [2.05, 4.69) is 29.5 Å². The molecule has 2 N–H and O–H groups in total. The summed E-state index contributed by atoms with van der Waals surface area (Å²) in [5.74, 6) is 0.136. The molecule has 0 aliphatic carbocycles. The van der Waals surface area contributed by atoms with Gasteiger partial charge in [0.25, 0.3) is 0 Å². The first-order valence-corrected chi connectivity index (χ1v) is 8.62. The fourth-order valence-electron chi connectivity index (χ4n) is 2.12. The summed E-state index contributed by atoms with van der Waals surface area (Å²) in [6, 6.07) is 5.91. The highest BCUT2D eigenvalue weighted by Crippen LogP contribution is 2.24. The Bertz CT molecular complexity index is 641. The Hall–Kier alpha value is -1.82. The van der Waals surface area contributed by atoms with E-state index in [1.54, 1.807) is 0 Å². The lowest BCUT2D eigenvalue weighted by Gasteiger charge is -2.10. The molecule has 1 atom stereocenters. The van der Waals surface area contributed by atoms with Crippen molar-refractivity contribution in [1.29, 1.82) is 0 Å². The first-order valence-electron chi connectivity index (χ1n) is 7.74. The van der Waals surface area contributed by atoms with Gasteiger partial charge in [-0.25, -0.2) is 0 Å². The van der Waals surface area contributed by atoms with Gasteiger partial charge in [-0.15, -0.1) is 0 Å². The van der Waals surface area contributed by atoms with Crippen LogP contribution < -0.4 is 10.6 Å². The maximum Gasteiger partial charge on any atom is 0.240 e. The van der Waals surface area contributed by atoms with Crippen molar-refractivity contribution in [2.45, 2.75) is 39.4 Å². The number of amidine groups is 1. The monoisotopic (exact) mass is 333 g/mol. The van der Waals surface area contributed by atoms with Crippen molar-refractivity contribution in [2.75, 3.05) is 11.9 Å². The largest absolute Gasteiger partial charge is 0.326 e. The van der Waals surface area contributed by atoms with Crippen LogP contribution in [-0.2, 0) is 9.59 Å². The smallest absolute Gasteiger partial charge is 0.240 e. The molecule has 2 rings (SSSR count). The Morgan fingerprint density at radius 2 is 2.13 bits per heavy atom. The third-order valence-corrected chi connectivity index (χ3v) is 4.53. The number of hydrogen-bond acceptors (Lipinski definition) is 4. The molecule has 1 aliphatic heterocycles. The van der Waals surface area contributed by atoms with Gasteiger partial charge in [-0.3, -0.25) is 14.6 Å². The summed E-state index contributed by atoms with van der Waals surface area (Å²) in [6.07, 6.45) is 0.143. The summed E-state index contributed by atoms with van der Waals surface area (Å²) in [5, 5.41) is 5.84. The summed E-state index contributed by atoms with van der Waals surface area (Å²) < 4.78 is 0. The molecule has 2 amide bonds. The number of rotatable bonds is 5. The number of hydrogen-bond donors (Lipinski definition) is 2. The highest BCUT2D eigenvalue weighted by molar-refractivity contribution is 8.15. The van der Waals surface area contributed by atoms with E-state index >= 15 is 0 Å². The SMILES string of the molecule is Cc1ccc(C)c(NC(=O)C[C@@H]2SC(=NCC(C)C)NC2=O)c1. The summed E-state index contributed by atoms with van der Waals surface area (Å²) in [4.78, 5) is 28.5. The second-order valence-corrected chi connectivity index (χ2v) is 7.40. The molecule has 0 radical (unpaired) electrons. The molecule has 1 saturated heterocycles. The van der Waals surface area contributed by atoms with Crippen LogP contribution in [0.3, 0.4) is 0 Å². The van der Waals surface area contributed by atoms with Crippen LogP contribution in [0.2, 0.25) is 0 Å². The molecule has 0 bridgehead atoms. The highest BCUT2D eigenvalue weighted by Gasteiger charge is 2.32. The number of carbonyl (C=O) groups is 2. The Morgan fingerprint density at radius 1 is 1.39 bits per heavy atom. The molecule has 124 valence electrons. The van der Waals surface area contributed by atoms with Gasteiger partial charge in [-0.2, -0.15) is 0 Å². The molecule has 1 aromatic carbocycles. The second-order valence-electron chi connectivity index (χ2n) is 6.21. The fourth-order valence-corrected chi connectivity index (χ4v) is 3.10. The van der Waals surface area contributed by atoms with Gasteiger partial charge in [0.05, 0.1) is 0 Å². The zero-order valence-electron chi connectivity index (χ0n) is 14.0. The fraction of sp³-hybridized carbons (Fsp3) is 0.471. The molecular weight excluding hydrogens is 310 g/mol. The molecule has 1 aliphatic rings. The van der Waals surface area contributed by atoms with Gasteiger partial charge in [0.2, 0.25) is 11.8 Å². The summed E-state index contributed by atoms with van der Waals surface area (Å²) >= 11 is 1.34.